The number of benzene rings is 1. The first kappa shape index (κ1) is 24.8. The van der Waals surface area contributed by atoms with Crippen molar-refractivity contribution in [3.05, 3.63) is 53.1 Å². The van der Waals surface area contributed by atoms with Crippen molar-refractivity contribution in [3.63, 3.8) is 0 Å². The number of likely N-dealkylation sites (tertiary alicyclic amines) is 1. The van der Waals surface area contributed by atoms with Gasteiger partial charge < -0.3 is 20.4 Å². The number of piperidine rings is 1. The third-order valence-corrected chi connectivity index (χ3v) is 6.52. The van der Waals surface area contributed by atoms with Gasteiger partial charge >= 0.3 is 0 Å². The van der Waals surface area contributed by atoms with Crippen LogP contribution in [0.3, 0.4) is 0 Å². The second-order valence-corrected chi connectivity index (χ2v) is 9.23. The summed E-state index contributed by atoms with van der Waals surface area (Å²) >= 11 is 0. The number of nitrogens with zero attached hydrogens (tertiary/aromatic N) is 4. The Balaban J connectivity index is 1.32. The first-order valence-corrected chi connectivity index (χ1v) is 12.3. The van der Waals surface area contributed by atoms with Gasteiger partial charge in [-0.25, -0.2) is 4.39 Å². The molecule has 188 valence electrons. The van der Waals surface area contributed by atoms with E-state index in [1.165, 1.54) is 37.5 Å². The van der Waals surface area contributed by atoms with E-state index in [2.05, 4.69) is 20.6 Å². The summed E-state index contributed by atoms with van der Waals surface area (Å²) in [6.07, 6.45) is 4.34. The molecule has 1 fully saturated rings. The third kappa shape index (κ3) is 6.45. The zero-order valence-electron chi connectivity index (χ0n) is 20.1. The Hall–Kier alpha value is -3.27. The number of carbonyl (C=O) groups excluding carboxylic acids is 3. The Morgan fingerprint density at radius 3 is 2.54 bits per heavy atom. The molecule has 0 saturated carbocycles. The normalized spacial score (nSPS) is 17.4. The summed E-state index contributed by atoms with van der Waals surface area (Å²) in [6, 6.07) is 6.80. The van der Waals surface area contributed by atoms with Gasteiger partial charge in [0.1, 0.15) is 17.6 Å². The Bertz CT molecular complexity index is 1050. The topological polar surface area (TPSA) is 99.6 Å². The monoisotopic (exact) mass is 484 g/mol. The van der Waals surface area contributed by atoms with Gasteiger partial charge in [0.25, 0.3) is 11.8 Å². The Morgan fingerprint density at radius 2 is 1.80 bits per heavy atom. The predicted molar refractivity (Wildman–Crippen MR) is 128 cm³/mol. The lowest BCUT2D eigenvalue weighted by Gasteiger charge is -2.26. The van der Waals surface area contributed by atoms with Gasteiger partial charge in [-0.1, -0.05) is 18.6 Å². The van der Waals surface area contributed by atoms with Crippen LogP contribution in [0.5, 0.6) is 0 Å². The number of rotatable bonds is 8. The fourth-order valence-electron chi connectivity index (χ4n) is 4.52. The lowest BCUT2D eigenvalue weighted by Crippen LogP contribution is -2.47. The summed E-state index contributed by atoms with van der Waals surface area (Å²) in [4.78, 5) is 42.3. The number of aryl methyl sites for hydroxylation is 1. The number of hydrogen-bond acceptors (Lipinski definition) is 5. The van der Waals surface area contributed by atoms with E-state index >= 15 is 0 Å². The van der Waals surface area contributed by atoms with Gasteiger partial charge in [-0.15, -0.1) is 0 Å². The smallest absolute Gasteiger partial charge is 0.272 e. The van der Waals surface area contributed by atoms with Gasteiger partial charge in [0.2, 0.25) is 5.91 Å². The van der Waals surface area contributed by atoms with E-state index in [0.717, 1.165) is 25.2 Å². The van der Waals surface area contributed by atoms with Crippen LogP contribution in [0.15, 0.2) is 30.3 Å². The van der Waals surface area contributed by atoms with Crippen molar-refractivity contribution >= 4 is 17.7 Å². The number of hydrogen-bond donors (Lipinski definition) is 2. The Morgan fingerprint density at radius 1 is 1.06 bits per heavy atom. The first-order valence-electron chi connectivity index (χ1n) is 12.3. The molecule has 10 heteroatoms. The van der Waals surface area contributed by atoms with Crippen LogP contribution in [-0.2, 0) is 17.9 Å². The average Bonchev–Trinajstić information content (AvgIpc) is 3.23. The minimum atomic E-state index is -0.726. The number of amides is 3. The van der Waals surface area contributed by atoms with E-state index in [-0.39, 0.29) is 23.3 Å². The molecule has 4 rings (SSSR count). The second-order valence-electron chi connectivity index (χ2n) is 9.23. The lowest BCUT2D eigenvalue weighted by atomic mass is 10.1. The molecule has 1 aromatic heterocycles. The SMILES string of the molecule is C[C@H](NC(=O)c1cc2n(n1)CCCN(Cc1ccc(F)cc1)C2=O)C(=O)NCCN1CCCCC1. The molecule has 2 N–H and O–H groups in total. The number of aromatic nitrogens is 2. The average molecular weight is 485 g/mol. The lowest BCUT2D eigenvalue weighted by molar-refractivity contribution is -0.122. The highest BCUT2D eigenvalue weighted by Crippen LogP contribution is 2.17. The zero-order chi connectivity index (χ0) is 24.8. The number of fused-ring (bicyclic) bond motifs is 1. The molecule has 0 bridgehead atoms. The summed E-state index contributed by atoms with van der Waals surface area (Å²) in [5, 5.41) is 9.88. The molecule has 3 amide bonds. The maximum absolute atomic E-state index is 13.2. The summed E-state index contributed by atoms with van der Waals surface area (Å²) < 4.78 is 14.8. The van der Waals surface area contributed by atoms with Crippen molar-refractivity contribution in [2.24, 2.45) is 0 Å². The van der Waals surface area contributed by atoms with Crippen molar-refractivity contribution in [2.45, 2.75) is 51.7 Å². The molecule has 35 heavy (non-hydrogen) atoms. The van der Waals surface area contributed by atoms with Crippen LogP contribution in [0.25, 0.3) is 0 Å². The van der Waals surface area contributed by atoms with E-state index in [9.17, 15) is 18.8 Å². The summed E-state index contributed by atoms with van der Waals surface area (Å²) in [5.41, 5.74) is 1.25. The van der Waals surface area contributed by atoms with E-state index in [1.807, 2.05) is 0 Å². The van der Waals surface area contributed by atoms with Crippen molar-refractivity contribution in [1.29, 1.82) is 0 Å². The molecule has 0 radical (unpaired) electrons. The molecule has 9 nitrogen and oxygen atoms in total. The van der Waals surface area contributed by atoms with Gasteiger partial charge in [0.05, 0.1) is 0 Å². The molecule has 0 spiro atoms. The van der Waals surface area contributed by atoms with Gasteiger partial charge in [-0.05, 0) is 57.0 Å². The molecule has 1 atom stereocenters. The minimum absolute atomic E-state index is 0.102. The van der Waals surface area contributed by atoms with Crippen LogP contribution in [0.4, 0.5) is 4.39 Å². The van der Waals surface area contributed by atoms with Crippen molar-refractivity contribution in [3.8, 4) is 0 Å². The quantitative estimate of drug-likeness (QED) is 0.595. The number of nitrogens with one attached hydrogen (secondary N) is 2. The summed E-state index contributed by atoms with van der Waals surface area (Å²) in [5.74, 6) is -1.31. The van der Waals surface area contributed by atoms with Gasteiger partial charge in [0, 0.05) is 38.8 Å². The molecule has 1 saturated heterocycles. The van der Waals surface area contributed by atoms with Crippen molar-refractivity contribution in [2.75, 3.05) is 32.7 Å². The highest BCUT2D eigenvalue weighted by atomic mass is 19.1. The van der Waals surface area contributed by atoms with Crippen LogP contribution < -0.4 is 10.6 Å². The molecular weight excluding hydrogens is 451 g/mol. The van der Waals surface area contributed by atoms with Crippen LogP contribution in [0.2, 0.25) is 0 Å². The molecular formula is C25H33FN6O3. The third-order valence-electron chi connectivity index (χ3n) is 6.52. The molecule has 0 aliphatic carbocycles. The summed E-state index contributed by atoms with van der Waals surface area (Å²) in [6.45, 7) is 6.48. The van der Waals surface area contributed by atoms with Crippen LogP contribution in [-0.4, -0.2) is 76.1 Å². The van der Waals surface area contributed by atoms with Crippen LogP contribution in [0, 0.1) is 5.82 Å². The first-order chi connectivity index (χ1) is 16.9. The van der Waals surface area contributed by atoms with Crippen molar-refractivity contribution in [1.82, 2.24) is 30.2 Å². The molecule has 1 aromatic carbocycles. The minimum Gasteiger partial charge on any atom is -0.353 e. The zero-order valence-corrected chi connectivity index (χ0v) is 20.1. The molecule has 0 unspecified atom stereocenters. The van der Waals surface area contributed by atoms with E-state index < -0.39 is 11.9 Å². The van der Waals surface area contributed by atoms with E-state index in [4.69, 9.17) is 0 Å². The highest BCUT2D eigenvalue weighted by Gasteiger charge is 2.27. The van der Waals surface area contributed by atoms with Crippen LogP contribution >= 0.6 is 0 Å². The molecule has 2 aromatic rings. The maximum atomic E-state index is 13.2. The van der Waals surface area contributed by atoms with Gasteiger partial charge in [-0.3, -0.25) is 19.1 Å². The van der Waals surface area contributed by atoms with Crippen molar-refractivity contribution < 1.29 is 18.8 Å². The number of carbonyl (C=O) groups is 3. The van der Waals surface area contributed by atoms with Gasteiger partial charge in [0.15, 0.2) is 5.69 Å². The van der Waals surface area contributed by atoms with Gasteiger partial charge in [-0.2, -0.15) is 5.10 Å². The Labute approximate surface area is 204 Å². The summed E-state index contributed by atoms with van der Waals surface area (Å²) in [7, 11) is 0. The second kappa shape index (κ2) is 11.4. The van der Waals surface area contributed by atoms with E-state index in [0.29, 0.717) is 38.3 Å². The molecule has 2 aliphatic heterocycles. The Kier molecular flexibility index (Phi) is 8.12. The highest BCUT2D eigenvalue weighted by molar-refractivity contribution is 5.99. The standard InChI is InChI=1S/C25H33FN6O3/c1-18(23(33)27-10-15-30-11-3-2-4-12-30)28-24(34)21-16-22-25(35)31(13-5-14-32(22)29-21)17-19-6-8-20(26)9-7-19/h6-9,16,18H,2-5,10-15,17H2,1H3,(H,27,33)(H,28,34)/t18-/m0/s1. The fraction of sp³-hybridized carbons (Fsp3) is 0.520. The van der Waals surface area contributed by atoms with E-state index in [1.54, 1.807) is 28.6 Å². The number of halogens is 1. The molecule has 3 heterocycles. The fourth-order valence-corrected chi connectivity index (χ4v) is 4.52. The maximum Gasteiger partial charge on any atom is 0.272 e. The molecule has 2 aliphatic rings. The largest absolute Gasteiger partial charge is 0.353 e. The predicted octanol–water partition coefficient (Wildman–Crippen LogP) is 1.79. The van der Waals surface area contributed by atoms with Crippen LogP contribution in [0.1, 0.15) is 59.1 Å².